The lowest BCUT2D eigenvalue weighted by Crippen LogP contribution is -2.38. The minimum atomic E-state index is -0.353. The summed E-state index contributed by atoms with van der Waals surface area (Å²) in [4.78, 5) is 24.2. The predicted octanol–water partition coefficient (Wildman–Crippen LogP) is 0.278. The molecule has 1 aliphatic rings. The van der Waals surface area contributed by atoms with Crippen molar-refractivity contribution >= 4 is 23.6 Å². The third kappa shape index (κ3) is 4.11. The second-order valence-electron chi connectivity index (χ2n) is 3.68. The van der Waals surface area contributed by atoms with Crippen molar-refractivity contribution in [3.8, 4) is 0 Å². The highest BCUT2D eigenvalue weighted by molar-refractivity contribution is 7.99. The standard InChI is InChI=1S/C10H17N2O2S/c1-8(10(11)14)2-3-9(13)12-4-6-15-7-5-12/h3,8H,2,4-7H2,1H3,(H2,11,14)/t8-/m0/s1. The molecule has 1 heterocycles. The number of carbonyl (C=O) groups is 2. The van der Waals surface area contributed by atoms with Gasteiger partial charge in [-0.25, -0.2) is 0 Å². The summed E-state index contributed by atoms with van der Waals surface area (Å²) in [6.07, 6.45) is 2.02. The van der Waals surface area contributed by atoms with E-state index in [1.54, 1.807) is 13.3 Å². The van der Waals surface area contributed by atoms with Crippen LogP contribution in [-0.4, -0.2) is 41.3 Å². The monoisotopic (exact) mass is 229 g/mol. The van der Waals surface area contributed by atoms with Crippen LogP contribution in [0.5, 0.6) is 0 Å². The smallest absolute Gasteiger partial charge is 0.226 e. The number of carbonyl (C=O) groups excluding carboxylic acids is 2. The summed E-state index contributed by atoms with van der Waals surface area (Å²) >= 11 is 1.86. The van der Waals surface area contributed by atoms with Crippen LogP contribution in [0.3, 0.4) is 0 Å². The van der Waals surface area contributed by atoms with Gasteiger partial charge in [0.15, 0.2) is 0 Å². The van der Waals surface area contributed by atoms with Gasteiger partial charge in [0.05, 0.1) is 6.42 Å². The first-order valence-corrected chi connectivity index (χ1v) is 6.26. The number of thioether (sulfide) groups is 1. The SMILES string of the molecule is C[C@@H](C[CH]C(=O)N1CCSCC1)C(N)=O. The molecule has 1 rings (SSSR count). The molecule has 85 valence electrons. The van der Waals surface area contributed by atoms with Gasteiger partial charge in [-0.1, -0.05) is 6.92 Å². The van der Waals surface area contributed by atoms with Crippen LogP contribution >= 0.6 is 11.8 Å². The van der Waals surface area contributed by atoms with Gasteiger partial charge in [0.2, 0.25) is 11.8 Å². The van der Waals surface area contributed by atoms with Gasteiger partial charge >= 0.3 is 0 Å². The molecule has 0 aromatic carbocycles. The quantitative estimate of drug-likeness (QED) is 0.753. The second-order valence-corrected chi connectivity index (χ2v) is 4.91. The van der Waals surface area contributed by atoms with Crippen molar-refractivity contribution in [2.75, 3.05) is 24.6 Å². The molecule has 1 radical (unpaired) electrons. The maximum atomic E-state index is 11.6. The van der Waals surface area contributed by atoms with E-state index in [-0.39, 0.29) is 17.7 Å². The second kappa shape index (κ2) is 6.00. The predicted molar refractivity (Wildman–Crippen MR) is 61.2 cm³/mol. The topological polar surface area (TPSA) is 63.4 Å². The molecule has 0 aromatic heterocycles. The van der Waals surface area contributed by atoms with E-state index >= 15 is 0 Å². The fourth-order valence-corrected chi connectivity index (χ4v) is 2.21. The Labute approximate surface area is 94.6 Å². The molecule has 1 saturated heterocycles. The Morgan fingerprint density at radius 3 is 2.60 bits per heavy atom. The van der Waals surface area contributed by atoms with Crippen LogP contribution in [0.25, 0.3) is 0 Å². The molecule has 0 bridgehead atoms. The molecule has 0 saturated carbocycles. The number of nitrogens with two attached hydrogens (primary N) is 1. The lowest BCUT2D eigenvalue weighted by molar-refractivity contribution is -0.127. The molecule has 2 N–H and O–H groups in total. The molecule has 4 nitrogen and oxygen atoms in total. The third-order valence-corrected chi connectivity index (χ3v) is 3.40. The molecular weight excluding hydrogens is 212 g/mol. The van der Waals surface area contributed by atoms with Crippen LogP contribution in [0.15, 0.2) is 0 Å². The number of hydrogen-bond acceptors (Lipinski definition) is 3. The Kier molecular flexibility index (Phi) is 4.94. The Morgan fingerprint density at radius 1 is 1.47 bits per heavy atom. The highest BCUT2D eigenvalue weighted by Crippen LogP contribution is 2.12. The molecule has 1 fully saturated rings. The first-order chi connectivity index (χ1) is 7.11. The normalized spacial score (nSPS) is 18.6. The molecule has 0 unspecified atom stereocenters. The van der Waals surface area contributed by atoms with Gasteiger partial charge in [0.25, 0.3) is 0 Å². The van der Waals surface area contributed by atoms with Crippen LogP contribution in [-0.2, 0) is 9.59 Å². The number of nitrogens with zero attached hydrogens (tertiary/aromatic N) is 1. The number of rotatable bonds is 4. The molecule has 2 amide bonds. The number of hydrogen-bond donors (Lipinski definition) is 1. The molecule has 0 aliphatic carbocycles. The van der Waals surface area contributed by atoms with E-state index in [9.17, 15) is 9.59 Å². The van der Waals surface area contributed by atoms with Crippen LogP contribution in [0.4, 0.5) is 0 Å². The summed E-state index contributed by atoms with van der Waals surface area (Å²) < 4.78 is 0. The summed E-state index contributed by atoms with van der Waals surface area (Å²) in [6, 6.07) is 0. The summed E-state index contributed by atoms with van der Waals surface area (Å²) in [7, 11) is 0. The van der Waals surface area contributed by atoms with E-state index in [4.69, 9.17) is 5.73 Å². The van der Waals surface area contributed by atoms with Gasteiger partial charge in [0.1, 0.15) is 0 Å². The highest BCUT2D eigenvalue weighted by Gasteiger charge is 2.18. The summed E-state index contributed by atoms with van der Waals surface area (Å²) in [6.45, 7) is 3.36. The maximum Gasteiger partial charge on any atom is 0.226 e. The molecular formula is C10H17N2O2S. The van der Waals surface area contributed by atoms with E-state index in [0.717, 1.165) is 24.6 Å². The van der Waals surface area contributed by atoms with Gasteiger partial charge in [-0.3, -0.25) is 9.59 Å². The van der Waals surface area contributed by atoms with E-state index in [0.29, 0.717) is 6.42 Å². The van der Waals surface area contributed by atoms with Crippen molar-refractivity contribution in [3.05, 3.63) is 6.42 Å². The van der Waals surface area contributed by atoms with Gasteiger partial charge < -0.3 is 10.6 Å². The largest absolute Gasteiger partial charge is 0.369 e. The van der Waals surface area contributed by atoms with Crippen molar-refractivity contribution < 1.29 is 9.59 Å². The van der Waals surface area contributed by atoms with Crippen molar-refractivity contribution in [2.45, 2.75) is 13.3 Å². The number of primary amides is 1. The Bertz CT molecular complexity index is 240. The first-order valence-electron chi connectivity index (χ1n) is 5.10. The fraction of sp³-hybridized carbons (Fsp3) is 0.700. The third-order valence-electron chi connectivity index (χ3n) is 2.45. The molecule has 0 aromatic rings. The van der Waals surface area contributed by atoms with Crippen LogP contribution < -0.4 is 5.73 Å². The fourth-order valence-electron chi connectivity index (χ4n) is 1.31. The lowest BCUT2D eigenvalue weighted by Gasteiger charge is -2.26. The summed E-state index contributed by atoms with van der Waals surface area (Å²) in [5, 5.41) is 0. The highest BCUT2D eigenvalue weighted by atomic mass is 32.2. The van der Waals surface area contributed by atoms with Crippen molar-refractivity contribution in [3.63, 3.8) is 0 Å². The van der Waals surface area contributed by atoms with Crippen molar-refractivity contribution in [1.82, 2.24) is 4.90 Å². The molecule has 5 heteroatoms. The average Bonchev–Trinajstić information content (AvgIpc) is 2.26. The molecule has 1 atom stereocenters. The minimum Gasteiger partial charge on any atom is -0.369 e. The van der Waals surface area contributed by atoms with Crippen LogP contribution in [0, 0.1) is 12.3 Å². The number of amides is 2. The van der Waals surface area contributed by atoms with Gasteiger partial charge in [0, 0.05) is 30.5 Å². The van der Waals surface area contributed by atoms with E-state index in [2.05, 4.69) is 0 Å². The van der Waals surface area contributed by atoms with Gasteiger partial charge in [-0.15, -0.1) is 0 Å². The van der Waals surface area contributed by atoms with Gasteiger partial charge in [-0.05, 0) is 6.42 Å². The Morgan fingerprint density at radius 2 is 2.07 bits per heavy atom. The van der Waals surface area contributed by atoms with E-state index in [1.807, 2.05) is 16.7 Å². The zero-order valence-corrected chi connectivity index (χ0v) is 9.76. The van der Waals surface area contributed by atoms with Crippen LogP contribution in [0.2, 0.25) is 0 Å². The minimum absolute atomic E-state index is 0.0309. The zero-order chi connectivity index (χ0) is 11.3. The molecule has 1 aliphatic heterocycles. The summed E-state index contributed by atoms with van der Waals surface area (Å²) in [5.74, 6) is 1.43. The molecule has 0 spiro atoms. The van der Waals surface area contributed by atoms with E-state index in [1.165, 1.54) is 0 Å². The Hall–Kier alpha value is -0.710. The average molecular weight is 229 g/mol. The van der Waals surface area contributed by atoms with Crippen molar-refractivity contribution in [2.24, 2.45) is 11.7 Å². The van der Waals surface area contributed by atoms with Gasteiger partial charge in [-0.2, -0.15) is 11.8 Å². The first kappa shape index (κ1) is 12.4. The van der Waals surface area contributed by atoms with Crippen molar-refractivity contribution in [1.29, 1.82) is 0 Å². The summed E-state index contributed by atoms with van der Waals surface area (Å²) in [5.41, 5.74) is 5.11. The lowest BCUT2D eigenvalue weighted by atomic mass is 10.0. The van der Waals surface area contributed by atoms with E-state index < -0.39 is 0 Å². The maximum absolute atomic E-state index is 11.6. The zero-order valence-electron chi connectivity index (χ0n) is 8.94. The van der Waals surface area contributed by atoms with Crippen LogP contribution in [0.1, 0.15) is 13.3 Å². The Balaban J connectivity index is 2.25. The molecule has 15 heavy (non-hydrogen) atoms.